The van der Waals surface area contributed by atoms with E-state index in [0.717, 1.165) is 29.6 Å². The summed E-state index contributed by atoms with van der Waals surface area (Å²) in [5, 5.41) is 0. The van der Waals surface area contributed by atoms with E-state index in [1.165, 1.54) is 0 Å². The Labute approximate surface area is 73.0 Å². The fourth-order valence-electron chi connectivity index (χ4n) is 1.50. The number of rotatable bonds is 0. The molecule has 3 heteroatoms. The van der Waals surface area contributed by atoms with Crippen molar-refractivity contribution in [3.05, 3.63) is 32.7 Å². The van der Waals surface area contributed by atoms with Gasteiger partial charge in [0.1, 0.15) is 0 Å². The third-order valence-electron chi connectivity index (χ3n) is 2.04. The average molecular weight is 214 g/mol. The van der Waals surface area contributed by atoms with Gasteiger partial charge in [-0.15, -0.1) is 0 Å². The molecule has 0 saturated carbocycles. The predicted molar refractivity (Wildman–Crippen MR) is 46.7 cm³/mol. The highest BCUT2D eigenvalue weighted by atomic mass is 79.9. The second-order valence-corrected chi connectivity index (χ2v) is 3.58. The van der Waals surface area contributed by atoms with E-state index in [9.17, 15) is 4.79 Å². The van der Waals surface area contributed by atoms with Crippen LogP contribution in [0, 0.1) is 0 Å². The maximum atomic E-state index is 11.2. The molecule has 0 amide bonds. The second kappa shape index (κ2) is 2.48. The lowest BCUT2D eigenvalue weighted by molar-refractivity contribution is 0.720. The van der Waals surface area contributed by atoms with E-state index < -0.39 is 0 Å². The molecule has 2 nitrogen and oxygen atoms in total. The van der Waals surface area contributed by atoms with Crippen molar-refractivity contribution in [3.8, 4) is 0 Å². The molecule has 0 bridgehead atoms. The third-order valence-corrected chi connectivity index (χ3v) is 2.76. The standard InChI is InChI=1S/C8H8BrNO/c9-6-3-4-8(11)10-5-1-2-7(6)10/h3-4H,1-2,5H2. The van der Waals surface area contributed by atoms with Crippen LogP contribution in [0.3, 0.4) is 0 Å². The van der Waals surface area contributed by atoms with Gasteiger partial charge in [0.05, 0.1) is 0 Å². The Morgan fingerprint density at radius 3 is 3.00 bits per heavy atom. The fraction of sp³-hybridized carbons (Fsp3) is 0.375. The number of halogens is 1. The minimum atomic E-state index is 0.126. The van der Waals surface area contributed by atoms with Crippen LogP contribution in [-0.4, -0.2) is 4.57 Å². The Morgan fingerprint density at radius 1 is 1.45 bits per heavy atom. The van der Waals surface area contributed by atoms with Gasteiger partial charge < -0.3 is 4.57 Å². The minimum Gasteiger partial charge on any atom is -0.312 e. The smallest absolute Gasteiger partial charge is 0.250 e. The summed E-state index contributed by atoms with van der Waals surface area (Å²) >= 11 is 3.42. The Kier molecular flexibility index (Phi) is 1.60. The quantitative estimate of drug-likeness (QED) is 0.642. The van der Waals surface area contributed by atoms with Crippen LogP contribution in [0.4, 0.5) is 0 Å². The molecule has 1 aromatic rings. The zero-order valence-electron chi connectivity index (χ0n) is 6.01. The number of hydrogen-bond acceptors (Lipinski definition) is 1. The maximum Gasteiger partial charge on any atom is 0.250 e. The van der Waals surface area contributed by atoms with Gasteiger partial charge in [0, 0.05) is 22.8 Å². The first-order valence-electron chi connectivity index (χ1n) is 3.67. The van der Waals surface area contributed by atoms with Crippen LogP contribution in [0.2, 0.25) is 0 Å². The first-order valence-corrected chi connectivity index (χ1v) is 4.46. The van der Waals surface area contributed by atoms with E-state index in [4.69, 9.17) is 0 Å². The Bertz CT molecular complexity index is 342. The molecule has 0 spiro atoms. The van der Waals surface area contributed by atoms with E-state index >= 15 is 0 Å². The van der Waals surface area contributed by atoms with Gasteiger partial charge in [-0.2, -0.15) is 0 Å². The number of hydrogen-bond donors (Lipinski definition) is 0. The zero-order valence-corrected chi connectivity index (χ0v) is 7.60. The molecular weight excluding hydrogens is 206 g/mol. The van der Waals surface area contributed by atoms with Gasteiger partial charge in [0.15, 0.2) is 0 Å². The molecule has 11 heavy (non-hydrogen) atoms. The van der Waals surface area contributed by atoms with Crippen LogP contribution in [0.25, 0.3) is 0 Å². The topological polar surface area (TPSA) is 22.0 Å². The van der Waals surface area contributed by atoms with E-state index in [1.807, 2.05) is 10.6 Å². The molecule has 0 aromatic carbocycles. The molecule has 2 heterocycles. The molecule has 0 saturated heterocycles. The van der Waals surface area contributed by atoms with E-state index in [2.05, 4.69) is 15.9 Å². The van der Waals surface area contributed by atoms with E-state index in [-0.39, 0.29) is 5.56 Å². The van der Waals surface area contributed by atoms with Crippen LogP contribution >= 0.6 is 15.9 Å². The van der Waals surface area contributed by atoms with Crippen molar-refractivity contribution < 1.29 is 0 Å². The van der Waals surface area contributed by atoms with Crippen molar-refractivity contribution in [2.75, 3.05) is 0 Å². The minimum absolute atomic E-state index is 0.126. The third kappa shape index (κ3) is 1.03. The summed E-state index contributed by atoms with van der Waals surface area (Å²) < 4.78 is 2.90. The highest BCUT2D eigenvalue weighted by Crippen LogP contribution is 2.20. The number of fused-ring (bicyclic) bond motifs is 1. The first-order chi connectivity index (χ1) is 5.29. The molecule has 0 unspecified atom stereocenters. The summed E-state index contributed by atoms with van der Waals surface area (Å²) in [4.78, 5) is 11.2. The van der Waals surface area contributed by atoms with Gasteiger partial charge in [-0.05, 0) is 34.8 Å². The van der Waals surface area contributed by atoms with Gasteiger partial charge in [0.2, 0.25) is 0 Å². The predicted octanol–water partition coefficient (Wildman–Crippen LogP) is 1.56. The summed E-state index contributed by atoms with van der Waals surface area (Å²) in [6.07, 6.45) is 2.12. The van der Waals surface area contributed by atoms with Crippen molar-refractivity contribution in [1.29, 1.82) is 0 Å². The molecule has 0 aliphatic carbocycles. The van der Waals surface area contributed by atoms with Gasteiger partial charge >= 0.3 is 0 Å². The maximum absolute atomic E-state index is 11.2. The molecule has 0 radical (unpaired) electrons. The van der Waals surface area contributed by atoms with Crippen LogP contribution < -0.4 is 5.56 Å². The molecule has 1 aromatic heterocycles. The highest BCUT2D eigenvalue weighted by molar-refractivity contribution is 9.10. The summed E-state index contributed by atoms with van der Waals surface area (Å²) in [6, 6.07) is 3.44. The molecule has 0 fully saturated rings. The lowest BCUT2D eigenvalue weighted by atomic mass is 10.3. The highest BCUT2D eigenvalue weighted by Gasteiger charge is 2.13. The van der Waals surface area contributed by atoms with Crippen molar-refractivity contribution in [2.45, 2.75) is 19.4 Å². The van der Waals surface area contributed by atoms with Crippen molar-refractivity contribution >= 4 is 15.9 Å². The Balaban J connectivity index is 2.74. The van der Waals surface area contributed by atoms with Gasteiger partial charge in [-0.1, -0.05) is 0 Å². The first kappa shape index (κ1) is 7.10. The van der Waals surface area contributed by atoms with Crippen LogP contribution in [0.1, 0.15) is 12.1 Å². The number of pyridine rings is 1. The Morgan fingerprint density at radius 2 is 2.27 bits per heavy atom. The normalized spacial score (nSPS) is 15.0. The van der Waals surface area contributed by atoms with Crippen LogP contribution in [0.15, 0.2) is 21.4 Å². The molecular formula is C8H8BrNO. The average Bonchev–Trinajstić information content (AvgIpc) is 2.45. The van der Waals surface area contributed by atoms with Crippen molar-refractivity contribution in [1.82, 2.24) is 4.57 Å². The zero-order chi connectivity index (χ0) is 7.84. The Hall–Kier alpha value is -0.570. The molecule has 0 N–H and O–H groups in total. The van der Waals surface area contributed by atoms with Crippen LogP contribution in [0.5, 0.6) is 0 Å². The van der Waals surface area contributed by atoms with E-state index in [1.54, 1.807) is 6.07 Å². The van der Waals surface area contributed by atoms with Crippen LogP contribution in [-0.2, 0) is 13.0 Å². The number of aromatic nitrogens is 1. The lowest BCUT2D eigenvalue weighted by Gasteiger charge is -2.02. The largest absolute Gasteiger partial charge is 0.312 e. The lowest BCUT2D eigenvalue weighted by Crippen LogP contribution is -2.17. The summed E-state index contributed by atoms with van der Waals surface area (Å²) in [6.45, 7) is 0.883. The van der Waals surface area contributed by atoms with E-state index in [0.29, 0.717) is 0 Å². The molecule has 58 valence electrons. The monoisotopic (exact) mass is 213 g/mol. The van der Waals surface area contributed by atoms with Gasteiger partial charge in [0.25, 0.3) is 5.56 Å². The van der Waals surface area contributed by atoms with Gasteiger partial charge in [-0.25, -0.2) is 0 Å². The number of nitrogens with zero attached hydrogens (tertiary/aromatic N) is 1. The van der Waals surface area contributed by atoms with Crippen molar-refractivity contribution in [3.63, 3.8) is 0 Å². The summed E-state index contributed by atoms with van der Waals surface area (Å²) in [7, 11) is 0. The molecule has 2 rings (SSSR count). The molecule has 1 aliphatic rings. The van der Waals surface area contributed by atoms with Gasteiger partial charge in [-0.3, -0.25) is 4.79 Å². The SMILES string of the molecule is O=c1ccc(Br)c2n1CCC2. The second-order valence-electron chi connectivity index (χ2n) is 2.72. The van der Waals surface area contributed by atoms with Crippen molar-refractivity contribution in [2.24, 2.45) is 0 Å². The fourth-order valence-corrected chi connectivity index (χ4v) is 2.04. The molecule has 1 aliphatic heterocycles. The molecule has 0 atom stereocenters. The summed E-state index contributed by atoms with van der Waals surface area (Å²) in [5.41, 5.74) is 1.28. The summed E-state index contributed by atoms with van der Waals surface area (Å²) in [5.74, 6) is 0.